The number of hydrogen-bond donors (Lipinski definition) is 2. The Morgan fingerprint density at radius 1 is 1.14 bits per heavy atom. The maximum atomic E-state index is 6.23. The van der Waals surface area contributed by atoms with E-state index in [0.29, 0.717) is 42.2 Å². The molecule has 0 amide bonds. The van der Waals surface area contributed by atoms with Crippen molar-refractivity contribution < 1.29 is 4.74 Å². The van der Waals surface area contributed by atoms with Gasteiger partial charge >= 0.3 is 0 Å². The Labute approximate surface area is 214 Å². The van der Waals surface area contributed by atoms with Crippen LogP contribution in [0, 0.1) is 11.8 Å². The topological polar surface area (TPSA) is 106 Å². The van der Waals surface area contributed by atoms with Gasteiger partial charge in [0, 0.05) is 25.8 Å². The van der Waals surface area contributed by atoms with Crippen molar-refractivity contribution in [1.82, 2.24) is 20.2 Å². The van der Waals surface area contributed by atoms with Crippen LogP contribution in [0.15, 0.2) is 43.5 Å². The van der Waals surface area contributed by atoms with Crippen molar-refractivity contribution in [3.63, 3.8) is 0 Å². The lowest BCUT2D eigenvalue weighted by Gasteiger charge is -2.34. The van der Waals surface area contributed by atoms with Crippen LogP contribution in [0.4, 0.5) is 0 Å². The second-order valence-electron chi connectivity index (χ2n) is 10.9. The zero-order valence-corrected chi connectivity index (χ0v) is 22.0. The minimum Gasteiger partial charge on any atom is -0.464 e. The van der Waals surface area contributed by atoms with E-state index in [-0.39, 0.29) is 12.1 Å². The van der Waals surface area contributed by atoms with E-state index >= 15 is 0 Å². The Balaban J connectivity index is 1.18. The number of hydrazone groups is 2. The molecule has 5 rings (SSSR count). The molecule has 0 bridgehead atoms. The Hall–Kier alpha value is -2.72. The first-order valence-electron chi connectivity index (χ1n) is 13.3. The van der Waals surface area contributed by atoms with Gasteiger partial charge < -0.3 is 20.7 Å². The first kappa shape index (κ1) is 25.0. The first-order valence-corrected chi connectivity index (χ1v) is 13.3. The maximum absolute atomic E-state index is 6.23. The van der Waals surface area contributed by atoms with Crippen LogP contribution in [0.1, 0.15) is 26.7 Å². The van der Waals surface area contributed by atoms with Crippen LogP contribution < -0.4 is 11.1 Å². The third kappa shape index (κ3) is 5.64. The molecule has 5 atom stereocenters. The number of hydrogen-bond acceptors (Lipinski definition) is 10. The van der Waals surface area contributed by atoms with Gasteiger partial charge in [0.05, 0.1) is 37.9 Å². The van der Waals surface area contributed by atoms with Gasteiger partial charge in [-0.3, -0.25) is 15.0 Å². The van der Waals surface area contributed by atoms with Crippen LogP contribution in [-0.2, 0) is 4.74 Å². The summed E-state index contributed by atoms with van der Waals surface area (Å²) in [4.78, 5) is 11.8. The number of nitrogens with one attached hydrogen (secondary N) is 1. The van der Waals surface area contributed by atoms with Crippen molar-refractivity contribution in [2.75, 3.05) is 53.4 Å². The first-order chi connectivity index (χ1) is 17.4. The molecule has 36 heavy (non-hydrogen) atoms. The lowest BCUT2D eigenvalue weighted by atomic mass is 9.80. The van der Waals surface area contributed by atoms with E-state index in [1.54, 1.807) is 0 Å². The summed E-state index contributed by atoms with van der Waals surface area (Å²) in [5, 5.41) is 16.8. The fraction of sp³-hybridized carbons (Fsp3) is 0.692. The Bertz CT molecular complexity index is 991. The van der Waals surface area contributed by atoms with Gasteiger partial charge in [-0.1, -0.05) is 24.6 Å². The normalized spacial score (nSPS) is 33.5. The molecular weight excluding hydrogens is 454 g/mol. The molecule has 3 N–H and O–H groups in total. The lowest BCUT2D eigenvalue weighted by molar-refractivity contribution is 0.110. The summed E-state index contributed by atoms with van der Waals surface area (Å²) in [5.74, 6) is 1.68. The molecule has 4 aliphatic heterocycles. The Morgan fingerprint density at radius 2 is 1.94 bits per heavy atom. The highest BCUT2D eigenvalue weighted by Crippen LogP contribution is 2.31. The van der Waals surface area contributed by atoms with Gasteiger partial charge in [0.15, 0.2) is 11.9 Å². The van der Waals surface area contributed by atoms with Crippen LogP contribution in [0.25, 0.3) is 0 Å². The molecule has 4 heterocycles. The molecule has 1 saturated heterocycles. The molecule has 0 spiro atoms. The number of nitrogens with two attached hydrogens (primary N) is 1. The predicted octanol–water partition coefficient (Wildman–Crippen LogP) is 0.933. The quantitative estimate of drug-likeness (QED) is 0.568. The number of piperidine rings is 1. The molecule has 10 heteroatoms. The minimum atomic E-state index is -0.152. The van der Waals surface area contributed by atoms with E-state index in [9.17, 15) is 0 Å². The van der Waals surface area contributed by atoms with Crippen molar-refractivity contribution in [3.8, 4) is 0 Å². The number of aliphatic imine (C=N–C) groups is 2. The smallest absolute Gasteiger partial charge is 0.253 e. The third-order valence-corrected chi connectivity index (χ3v) is 8.01. The highest BCUT2D eigenvalue weighted by molar-refractivity contribution is 6.38. The zero-order chi connectivity index (χ0) is 25.2. The average Bonchev–Trinajstić information content (AvgIpc) is 3.49. The molecule has 196 valence electrons. The standard InChI is InChI=1S/C26H41N9O/c1-17-9-19(10-18(2)23(17)13-28-20-11-30-34(4)15-20)24-14-29-25(27)26(32-24)36-22-12-31-35(16-22)21-5-7-33(3)8-6-21/h9-12,17,20-24,28H,5-8,13-16H2,1-4H3,(H2,27,29). The number of ether oxygens (including phenoxy) is 1. The number of likely N-dealkylation sites (tertiary alicyclic amines) is 1. The van der Waals surface area contributed by atoms with Gasteiger partial charge in [-0.25, -0.2) is 4.99 Å². The molecule has 1 aliphatic carbocycles. The maximum Gasteiger partial charge on any atom is 0.253 e. The third-order valence-electron chi connectivity index (χ3n) is 8.01. The van der Waals surface area contributed by atoms with Crippen molar-refractivity contribution >= 4 is 24.2 Å². The molecule has 5 aliphatic rings. The van der Waals surface area contributed by atoms with E-state index in [1.165, 1.54) is 11.1 Å². The molecule has 1 fully saturated rings. The molecule has 0 aromatic heterocycles. The fourth-order valence-electron chi connectivity index (χ4n) is 5.73. The molecule has 10 nitrogen and oxygen atoms in total. The highest BCUT2D eigenvalue weighted by atomic mass is 16.5. The van der Waals surface area contributed by atoms with E-state index in [2.05, 4.69) is 63.5 Å². The highest BCUT2D eigenvalue weighted by Gasteiger charge is 2.32. The SMILES string of the molecule is CC1=CC(C2CN=C(N)C(OC3C=NN(C4CCN(C)CC4)C3)=N2)=CC(C)C1CNC1C=NN(C)C1. The largest absolute Gasteiger partial charge is 0.464 e. The fourth-order valence-corrected chi connectivity index (χ4v) is 5.73. The van der Waals surface area contributed by atoms with Crippen LogP contribution >= 0.6 is 0 Å². The number of allylic oxidation sites excluding steroid dienone is 1. The molecule has 5 unspecified atom stereocenters. The van der Waals surface area contributed by atoms with E-state index < -0.39 is 0 Å². The van der Waals surface area contributed by atoms with Crippen molar-refractivity contribution in [1.29, 1.82) is 0 Å². The van der Waals surface area contributed by atoms with E-state index in [4.69, 9.17) is 15.5 Å². The number of likely N-dealkylation sites (N-methyl/N-ethyl adjacent to an activating group) is 1. The Kier molecular flexibility index (Phi) is 7.43. The van der Waals surface area contributed by atoms with Crippen LogP contribution in [0.2, 0.25) is 0 Å². The zero-order valence-electron chi connectivity index (χ0n) is 22.0. The summed E-state index contributed by atoms with van der Waals surface area (Å²) < 4.78 is 6.23. The predicted molar refractivity (Wildman–Crippen MR) is 146 cm³/mol. The van der Waals surface area contributed by atoms with Crippen LogP contribution in [0.5, 0.6) is 0 Å². The van der Waals surface area contributed by atoms with Crippen molar-refractivity contribution in [3.05, 3.63) is 23.3 Å². The summed E-state index contributed by atoms with van der Waals surface area (Å²) in [6.07, 6.45) is 10.6. The average molecular weight is 496 g/mol. The van der Waals surface area contributed by atoms with Crippen molar-refractivity contribution in [2.45, 2.75) is 50.9 Å². The summed E-state index contributed by atoms with van der Waals surface area (Å²) in [6, 6.07) is 0.719. The molecule has 0 saturated carbocycles. The van der Waals surface area contributed by atoms with Gasteiger partial charge in [-0.2, -0.15) is 10.2 Å². The molecule has 0 aromatic rings. The second-order valence-corrected chi connectivity index (χ2v) is 10.9. The van der Waals surface area contributed by atoms with Gasteiger partial charge in [0.2, 0.25) is 0 Å². The lowest BCUT2D eigenvalue weighted by Crippen LogP contribution is -2.43. The summed E-state index contributed by atoms with van der Waals surface area (Å²) in [6.45, 7) is 9.87. The van der Waals surface area contributed by atoms with Crippen LogP contribution in [-0.4, -0.2) is 117 Å². The van der Waals surface area contributed by atoms with Gasteiger partial charge in [-0.15, -0.1) is 0 Å². The summed E-state index contributed by atoms with van der Waals surface area (Å²) >= 11 is 0. The number of amidine groups is 1. The van der Waals surface area contributed by atoms with Crippen LogP contribution in [0.3, 0.4) is 0 Å². The molecule has 0 radical (unpaired) electrons. The van der Waals surface area contributed by atoms with E-state index in [0.717, 1.165) is 45.6 Å². The van der Waals surface area contributed by atoms with Crippen molar-refractivity contribution in [2.24, 2.45) is 37.8 Å². The molecular formula is C26H41N9O. The summed E-state index contributed by atoms with van der Waals surface area (Å²) in [7, 11) is 4.18. The van der Waals surface area contributed by atoms with E-state index in [1.807, 2.05) is 24.5 Å². The number of rotatable bonds is 6. The summed E-state index contributed by atoms with van der Waals surface area (Å²) in [5.41, 5.74) is 8.77. The Morgan fingerprint density at radius 3 is 2.67 bits per heavy atom. The molecule has 0 aromatic carbocycles. The van der Waals surface area contributed by atoms with Gasteiger partial charge in [0.1, 0.15) is 0 Å². The minimum absolute atomic E-state index is 0.0717. The monoisotopic (exact) mass is 495 g/mol. The number of nitrogens with zero attached hydrogens (tertiary/aromatic N) is 7. The van der Waals surface area contributed by atoms with Gasteiger partial charge in [0.25, 0.3) is 5.90 Å². The second kappa shape index (κ2) is 10.7. The van der Waals surface area contributed by atoms with Gasteiger partial charge in [-0.05, 0) is 57.3 Å².